The number of nitrogens with zero attached hydrogens (tertiary/aromatic N) is 3. The predicted molar refractivity (Wildman–Crippen MR) is 84.4 cm³/mol. The molecule has 1 saturated heterocycles. The first kappa shape index (κ1) is 15.2. The molecule has 20 heavy (non-hydrogen) atoms. The van der Waals surface area contributed by atoms with Crippen LogP contribution in [-0.4, -0.2) is 36.1 Å². The molecule has 0 amide bonds. The molecule has 1 aliphatic heterocycles. The van der Waals surface area contributed by atoms with Crippen LogP contribution >= 0.6 is 0 Å². The first-order valence-corrected chi connectivity index (χ1v) is 8.02. The minimum absolute atomic E-state index is 0.935. The zero-order chi connectivity index (χ0) is 14.4. The molecule has 0 spiro atoms. The molecule has 1 fully saturated rings. The summed E-state index contributed by atoms with van der Waals surface area (Å²) in [6.45, 7) is 10.8. The summed E-state index contributed by atoms with van der Waals surface area (Å²) in [6, 6.07) is 0. The Labute approximate surface area is 123 Å². The van der Waals surface area contributed by atoms with E-state index in [9.17, 15) is 0 Å². The highest BCUT2D eigenvalue weighted by molar-refractivity contribution is 5.37. The van der Waals surface area contributed by atoms with Gasteiger partial charge in [0.15, 0.2) is 0 Å². The Balaban J connectivity index is 2.03. The first-order valence-electron chi connectivity index (χ1n) is 8.02. The van der Waals surface area contributed by atoms with Crippen molar-refractivity contribution in [1.29, 1.82) is 0 Å². The molecule has 0 bridgehead atoms. The normalized spacial score (nSPS) is 15.7. The van der Waals surface area contributed by atoms with E-state index >= 15 is 0 Å². The third kappa shape index (κ3) is 3.92. The fourth-order valence-corrected chi connectivity index (χ4v) is 2.83. The summed E-state index contributed by atoms with van der Waals surface area (Å²) in [6.07, 6.45) is 6.09. The Morgan fingerprint density at radius 1 is 1.00 bits per heavy atom. The molecule has 2 heterocycles. The number of anilines is 1. The van der Waals surface area contributed by atoms with Gasteiger partial charge in [-0.25, -0.2) is 9.97 Å². The number of aryl methyl sites for hydroxylation is 2. The number of hydrogen-bond donors (Lipinski definition) is 1. The van der Waals surface area contributed by atoms with Crippen molar-refractivity contribution < 1.29 is 0 Å². The zero-order valence-corrected chi connectivity index (χ0v) is 13.2. The monoisotopic (exact) mass is 276 g/mol. The summed E-state index contributed by atoms with van der Waals surface area (Å²) >= 11 is 0. The number of hydrogen-bond acceptors (Lipinski definition) is 4. The SMILES string of the molecule is CCCNCCc1c(C)nc(N2CCCCC2)nc1C. The van der Waals surface area contributed by atoms with Gasteiger partial charge in [-0.1, -0.05) is 6.92 Å². The average molecular weight is 276 g/mol. The molecule has 112 valence electrons. The summed E-state index contributed by atoms with van der Waals surface area (Å²) in [5.74, 6) is 0.935. The third-order valence-electron chi connectivity index (χ3n) is 4.03. The van der Waals surface area contributed by atoms with Gasteiger partial charge in [-0.15, -0.1) is 0 Å². The molecular formula is C16H28N4. The van der Waals surface area contributed by atoms with Crippen molar-refractivity contribution in [3.05, 3.63) is 17.0 Å². The van der Waals surface area contributed by atoms with Gasteiger partial charge in [0, 0.05) is 24.5 Å². The Morgan fingerprint density at radius 2 is 1.65 bits per heavy atom. The lowest BCUT2D eigenvalue weighted by molar-refractivity contribution is 0.566. The van der Waals surface area contributed by atoms with Crippen molar-refractivity contribution in [3.8, 4) is 0 Å². The van der Waals surface area contributed by atoms with E-state index in [1.807, 2.05) is 0 Å². The topological polar surface area (TPSA) is 41.1 Å². The predicted octanol–water partition coefficient (Wildman–Crippen LogP) is 2.63. The van der Waals surface area contributed by atoms with Crippen LogP contribution in [0.4, 0.5) is 5.95 Å². The summed E-state index contributed by atoms with van der Waals surface area (Å²) in [7, 11) is 0. The lowest BCUT2D eigenvalue weighted by Crippen LogP contribution is -2.31. The molecule has 0 aliphatic carbocycles. The molecule has 0 aromatic carbocycles. The average Bonchev–Trinajstić information content (AvgIpc) is 2.46. The molecule has 4 nitrogen and oxygen atoms in total. The van der Waals surface area contributed by atoms with Gasteiger partial charge >= 0.3 is 0 Å². The van der Waals surface area contributed by atoms with Crippen LogP contribution in [0.5, 0.6) is 0 Å². The molecule has 1 aromatic heterocycles. The lowest BCUT2D eigenvalue weighted by Gasteiger charge is -2.27. The van der Waals surface area contributed by atoms with E-state index in [-0.39, 0.29) is 0 Å². The van der Waals surface area contributed by atoms with Crippen molar-refractivity contribution in [3.63, 3.8) is 0 Å². The van der Waals surface area contributed by atoms with Gasteiger partial charge in [-0.3, -0.25) is 0 Å². The Hall–Kier alpha value is -1.16. The summed E-state index contributed by atoms with van der Waals surface area (Å²) in [5.41, 5.74) is 3.61. The smallest absolute Gasteiger partial charge is 0.225 e. The molecule has 4 heteroatoms. The lowest BCUT2D eigenvalue weighted by atomic mass is 10.1. The maximum atomic E-state index is 4.74. The highest BCUT2D eigenvalue weighted by Crippen LogP contribution is 2.19. The van der Waals surface area contributed by atoms with Crippen LogP contribution in [0.2, 0.25) is 0 Å². The molecule has 0 saturated carbocycles. The van der Waals surface area contributed by atoms with Gasteiger partial charge in [0.25, 0.3) is 0 Å². The second kappa shape index (κ2) is 7.58. The summed E-state index contributed by atoms with van der Waals surface area (Å²) in [5, 5.41) is 3.45. The summed E-state index contributed by atoms with van der Waals surface area (Å²) < 4.78 is 0. The summed E-state index contributed by atoms with van der Waals surface area (Å²) in [4.78, 5) is 11.8. The number of aromatic nitrogens is 2. The Bertz CT molecular complexity index is 401. The number of nitrogens with one attached hydrogen (secondary N) is 1. The largest absolute Gasteiger partial charge is 0.341 e. The Kier molecular flexibility index (Phi) is 5.77. The van der Waals surface area contributed by atoms with Crippen LogP contribution in [0.15, 0.2) is 0 Å². The van der Waals surface area contributed by atoms with Gasteiger partial charge in [-0.2, -0.15) is 0 Å². The van der Waals surface area contributed by atoms with E-state index in [1.165, 1.54) is 31.2 Å². The van der Waals surface area contributed by atoms with Crippen LogP contribution in [0.3, 0.4) is 0 Å². The van der Waals surface area contributed by atoms with E-state index in [1.54, 1.807) is 0 Å². The van der Waals surface area contributed by atoms with Crippen molar-refractivity contribution in [1.82, 2.24) is 15.3 Å². The minimum Gasteiger partial charge on any atom is -0.341 e. The highest BCUT2D eigenvalue weighted by Gasteiger charge is 2.16. The van der Waals surface area contributed by atoms with E-state index in [2.05, 4.69) is 31.0 Å². The molecular weight excluding hydrogens is 248 g/mol. The van der Waals surface area contributed by atoms with Gasteiger partial charge in [0.05, 0.1) is 0 Å². The van der Waals surface area contributed by atoms with Crippen molar-refractivity contribution in [2.45, 2.75) is 52.9 Å². The molecule has 1 aromatic rings. The van der Waals surface area contributed by atoms with E-state index in [0.29, 0.717) is 0 Å². The third-order valence-corrected chi connectivity index (χ3v) is 4.03. The fraction of sp³-hybridized carbons (Fsp3) is 0.750. The molecule has 0 unspecified atom stereocenters. The van der Waals surface area contributed by atoms with Crippen molar-refractivity contribution >= 4 is 5.95 Å². The molecule has 0 radical (unpaired) electrons. The van der Waals surface area contributed by atoms with E-state index < -0.39 is 0 Å². The van der Waals surface area contributed by atoms with Gasteiger partial charge < -0.3 is 10.2 Å². The van der Waals surface area contributed by atoms with Crippen LogP contribution < -0.4 is 10.2 Å². The van der Waals surface area contributed by atoms with Gasteiger partial charge in [-0.05, 0) is 64.6 Å². The molecule has 1 N–H and O–H groups in total. The van der Waals surface area contributed by atoms with Crippen LogP contribution in [0, 0.1) is 13.8 Å². The van der Waals surface area contributed by atoms with Gasteiger partial charge in [0.1, 0.15) is 0 Å². The number of rotatable bonds is 6. The first-order chi connectivity index (χ1) is 9.72. The maximum Gasteiger partial charge on any atom is 0.225 e. The van der Waals surface area contributed by atoms with Gasteiger partial charge in [0.2, 0.25) is 5.95 Å². The van der Waals surface area contributed by atoms with E-state index in [0.717, 1.165) is 49.9 Å². The molecule has 1 aliphatic rings. The van der Waals surface area contributed by atoms with Crippen LogP contribution in [0.1, 0.15) is 49.6 Å². The fourth-order valence-electron chi connectivity index (χ4n) is 2.83. The van der Waals surface area contributed by atoms with Crippen LogP contribution in [-0.2, 0) is 6.42 Å². The second-order valence-corrected chi connectivity index (χ2v) is 5.72. The minimum atomic E-state index is 0.935. The quantitative estimate of drug-likeness (QED) is 0.811. The van der Waals surface area contributed by atoms with E-state index in [4.69, 9.17) is 9.97 Å². The maximum absolute atomic E-state index is 4.74. The highest BCUT2D eigenvalue weighted by atomic mass is 15.3. The van der Waals surface area contributed by atoms with Crippen LogP contribution in [0.25, 0.3) is 0 Å². The molecule has 2 rings (SSSR count). The van der Waals surface area contributed by atoms with Crippen molar-refractivity contribution in [2.75, 3.05) is 31.1 Å². The zero-order valence-electron chi connectivity index (χ0n) is 13.2. The Morgan fingerprint density at radius 3 is 2.25 bits per heavy atom. The number of piperidine rings is 1. The van der Waals surface area contributed by atoms with Crippen molar-refractivity contribution in [2.24, 2.45) is 0 Å². The standard InChI is InChI=1S/C16H28N4/c1-4-9-17-10-8-15-13(2)18-16(19-14(15)3)20-11-6-5-7-12-20/h17H,4-12H2,1-3H3. The second-order valence-electron chi connectivity index (χ2n) is 5.72. The molecule has 0 atom stereocenters.